The number of rotatable bonds is 4. The van der Waals surface area contributed by atoms with E-state index < -0.39 is 5.82 Å². The van der Waals surface area contributed by atoms with Crippen LogP contribution in [0.4, 0.5) is 10.1 Å². The molecule has 0 spiro atoms. The molecule has 0 amide bonds. The van der Waals surface area contributed by atoms with Crippen molar-refractivity contribution in [2.24, 2.45) is 10.7 Å². The topological polar surface area (TPSA) is 59.6 Å². The highest BCUT2D eigenvalue weighted by atomic mass is 127. The monoisotopic (exact) mass is 455 g/mol. The van der Waals surface area contributed by atoms with Crippen molar-refractivity contribution in [2.45, 2.75) is 32.2 Å². The van der Waals surface area contributed by atoms with Gasteiger partial charge in [0.2, 0.25) is 0 Å². The van der Waals surface area contributed by atoms with Gasteiger partial charge in [0.25, 0.3) is 0 Å². The van der Waals surface area contributed by atoms with E-state index in [2.05, 4.69) is 16.4 Å². The summed E-state index contributed by atoms with van der Waals surface area (Å²) in [5.74, 6) is 0.170. The Morgan fingerprint density at radius 3 is 2.80 bits per heavy atom. The normalized spacial score (nSPS) is 13.6. The Balaban J connectivity index is 0.00000225. The van der Waals surface area contributed by atoms with Gasteiger partial charge in [0, 0.05) is 5.69 Å². The summed E-state index contributed by atoms with van der Waals surface area (Å²) in [6.45, 7) is 0.314. The van der Waals surface area contributed by atoms with E-state index in [4.69, 9.17) is 10.5 Å². The highest BCUT2D eigenvalue weighted by molar-refractivity contribution is 14.0. The van der Waals surface area contributed by atoms with E-state index in [0.717, 1.165) is 24.1 Å². The molecule has 2 aromatic carbocycles. The Morgan fingerprint density at radius 1 is 1.24 bits per heavy atom. The second kappa shape index (κ2) is 9.03. The lowest BCUT2D eigenvalue weighted by Gasteiger charge is -2.19. The van der Waals surface area contributed by atoms with Crippen molar-refractivity contribution >= 4 is 35.6 Å². The van der Waals surface area contributed by atoms with Crippen molar-refractivity contribution in [3.8, 4) is 5.75 Å². The molecule has 6 heteroatoms. The molecule has 0 aromatic heterocycles. The third-order valence-corrected chi connectivity index (χ3v) is 4.31. The summed E-state index contributed by atoms with van der Waals surface area (Å²) in [6.07, 6.45) is 4.62. The number of nitrogens with zero attached hydrogens (tertiary/aromatic N) is 1. The van der Waals surface area contributed by atoms with E-state index in [-0.39, 0.29) is 29.7 Å². The fourth-order valence-electron chi connectivity index (χ4n) is 3.06. The first-order valence-electron chi connectivity index (χ1n) is 8.17. The number of halogens is 2. The van der Waals surface area contributed by atoms with Crippen LogP contribution in [-0.4, -0.2) is 13.1 Å². The number of guanidine groups is 1. The lowest BCUT2D eigenvalue weighted by Crippen LogP contribution is -2.24. The quantitative estimate of drug-likeness (QED) is 0.412. The average Bonchev–Trinajstić information content (AvgIpc) is 2.60. The summed E-state index contributed by atoms with van der Waals surface area (Å²) in [6, 6.07) is 11.0. The number of anilines is 1. The van der Waals surface area contributed by atoms with Gasteiger partial charge < -0.3 is 15.8 Å². The van der Waals surface area contributed by atoms with Crippen molar-refractivity contribution in [1.29, 1.82) is 0 Å². The van der Waals surface area contributed by atoms with Gasteiger partial charge in [-0.3, -0.25) is 0 Å². The molecule has 0 saturated heterocycles. The molecule has 1 aliphatic rings. The number of methoxy groups -OCH3 is 1. The minimum absolute atomic E-state index is 0. The third-order valence-electron chi connectivity index (χ3n) is 4.31. The first-order valence-corrected chi connectivity index (χ1v) is 8.17. The molecule has 1 aliphatic carbocycles. The van der Waals surface area contributed by atoms with Gasteiger partial charge in [-0.2, -0.15) is 0 Å². The first kappa shape index (κ1) is 19.5. The molecular formula is C19H23FIN3O. The fraction of sp³-hybridized carbons (Fsp3) is 0.316. The number of aryl methyl sites for hydroxylation is 1. The Kier molecular flexibility index (Phi) is 7.04. The van der Waals surface area contributed by atoms with Crippen LogP contribution in [0.1, 0.15) is 29.5 Å². The van der Waals surface area contributed by atoms with Gasteiger partial charge in [-0.25, -0.2) is 9.38 Å². The lowest BCUT2D eigenvalue weighted by molar-refractivity contribution is 0.386. The van der Waals surface area contributed by atoms with Crippen molar-refractivity contribution in [1.82, 2.24) is 0 Å². The standard InChI is InChI=1S/C19H22FN3O.HI/c1-24-18-10-9-13(11-16(18)20)12-22-19(21)23-17-8-4-6-14-5-2-3-7-15(14)17;/h4,6,8-11H,2-3,5,7,12H2,1H3,(H3,21,22,23);1H. The summed E-state index contributed by atoms with van der Waals surface area (Å²) >= 11 is 0. The van der Waals surface area contributed by atoms with E-state index in [0.29, 0.717) is 12.5 Å². The number of nitrogens with one attached hydrogen (secondary N) is 1. The van der Waals surface area contributed by atoms with E-state index >= 15 is 0 Å². The predicted molar refractivity (Wildman–Crippen MR) is 110 cm³/mol. The molecule has 3 N–H and O–H groups in total. The summed E-state index contributed by atoms with van der Waals surface area (Å²) in [5, 5.41) is 3.19. The number of ether oxygens (including phenoxy) is 1. The van der Waals surface area contributed by atoms with Gasteiger partial charge in [0.1, 0.15) is 0 Å². The number of fused-ring (bicyclic) bond motifs is 1. The minimum atomic E-state index is -0.395. The van der Waals surface area contributed by atoms with Crippen LogP contribution >= 0.6 is 24.0 Å². The zero-order chi connectivity index (χ0) is 16.9. The second-order valence-electron chi connectivity index (χ2n) is 5.95. The Morgan fingerprint density at radius 2 is 2.04 bits per heavy atom. The molecule has 0 bridgehead atoms. The minimum Gasteiger partial charge on any atom is -0.494 e. The van der Waals surface area contributed by atoms with Crippen LogP contribution in [-0.2, 0) is 19.4 Å². The van der Waals surface area contributed by atoms with Crippen LogP contribution in [0.2, 0.25) is 0 Å². The van der Waals surface area contributed by atoms with Gasteiger partial charge in [0.05, 0.1) is 13.7 Å². The van der Waals surface area contributed by atoms with E-state index in [1.54, 1.807) is 12.1 Å². The van der Waals surface area contributed by atoms with Gasteiger partial charge in [0.15, 0.2) is 17.5 Å². The molecule has 0 aliphatic heterocycles. The second-order valence-corrected chi connectivity index (χ2v) is 5.95. The Labute approximate surface area is 164 Å². The Bertz CT molecular complexity index is 764. The molecule has 0 atom stereocenters. The smallest absolute Gasteiger partial charge is 0.193 e. The molecule has 0 unspecified atom stereocenters. The molecule has 4 nitrogen and oxygen atoms in total. The zero-order valence-electron chi connectivity index (χ0n) is 14.2. The SMILES string of the molecule is COc1ccc(CN=C(N)Nc2cccc3c2CCCC3)cc1F.I. The lowest BCUT2D eigenvalue weighted by atomic mass is 9.90. The maximum absolute atomic E-state index is 13.7. The van der Waals surface area contributed by atoms with Crippen LogP contribution in [0.15, 0.2) is 41.4 Å². The van der Waals surface area contributed by atoms with Crippen molar-refractivity contribution in [3.05, 3.63) is 58.9 Å². The van der Waals surface area contributed by atoms with Gasteiger partial charge >= 0.3 is 0 Å². The van der Waals surface area contributed by atoms with Crippen LogP contribution in [0, 0.1) is 5.82 Å². The molecule has 25 heavy (non-hydrogen) atoms. The highest BCUT2D eigenvalue weighted by Crippen LogP contribution is 2.27. The molecule has 0 radical (unpaired) electrons. The molecule has 2 aromatic rings. The highest BCUT2D eigenvalue weighted by Gasteiger charge is 2.13. The molecule has 0 heterocycles. The third kappa shape index (κ3) is 4.84. The number of hydrogen-bond acceptors (Lipinski definition) is 2. The molecular weight excluding hydrogens is 432 g/mol. The fourth-order valence-corrected chi connectivity index (χ4v) is 3.06. The number of hydrogen-bond donors (Lipinski definition) is 2. The van der Waals surface area contributed by atoms with Crippen LogP contribution < -0.4 is 15.8 Å². The van der Waals surface area contributed by atoms with Crippen molar-refractivity contribution < 1.29 is 9.13 Å². The molecule has 0 fully saturated rings. The number of aliphatic imine (C=N–C) groups is 1. The maximum Gasteiger partial charge on any atom is 0.193 e. The summed E-state index contributed by atoms with van der Waals surface area (Å²) < 4.78 is 18.6. The Hall–Kier alpha value is -1.83. The predicted octanol–water partition coefficient (Wildman–Crippen LogP) is 4.26. The van der Waals surface area contributed by atoms with Crippen LogP contribution in [0.5, 0.6) is 5.75 Å². The maximum atomic E-state index is 13.7. The molecule has 0 saturated carbocycles. The summed E-state index contributed by atoms with van der Waals surface area (Å²) in [4.78, 5) is 4.31. The number of nitrogens with two attached hydrogens (primary N) is 1. The van der Waals surface area contributed by atoms with Gasteiger partial charge in [-0.05, 0) is 60.6 Å². The molecule has 134 valence electrons. The largest absolute Gasteiger partial charge is 0.494 e. The first-order chi connectivity index (χ1) is 11.7. The zero-order valence-corrected chi connectivity index (χ0v) is 16.5. The van der Waals surface area contributed by atoms with E-state index in [9.17, 15) is 4.39 Å². The van der Waals surface area contributed by atoms with Crippen molar-refractivity contribution in [3.63, 3.8) is 0 Å². The van der Waals surface area contributed by atoms with Crippen LogP contribution in [0.25, 0.3) is 0 Å². The summed E-state index contributed by atoms with van der Waals surface area (Å²) in [7, 11) is 1.44. The summed E-state index contributed by atoms with van der Waals surface area (Å²) in [5.41, 5.74) is 10.5. The van der Waals surface area contributed by atoms with Gasteiger partial charge in [-0.1, -0.05) is 18.2 Å². The average molecular weight is 455 g/mol. The van der Waals surface area contributed by atoms with E-state index in [1.165, 1.54) is 37.1 Å². The van der Waals surface area contributed by atoms with Crippen LogP contribution in [0.3, 0.4) is 0 Å². The van der Waals surface area contributed by atoms with E-state index in [1.807, 2.05) is 12.1 Å². The van der Waals surface area contributed by atoms with Crippen molar-refractivity contribution in [2.75, 3.05) is 12.4 Å². The molecule has 3 rings (SSSR count). The van der Waals surface area contributed by atoms with Gasteiger partial charge in [-0.15, -0.1) is 24.0 Å². The number of benzene rings is 2.